The van der Waals surface area contributed by atoms with Crippen LogP contribution in [-0.4, -0.2) is 20.6 Å². The summed E-state index contributed by atoms with van der Waals surface area (Å²) in [4.78, 5) is 23.9. The van der Waals surface area contributed by atoms with Gasteiger partial charge >= 0.3 is 33.9 Å². The molecule has 0 aliphatic carbocycles. The summed E-state index contributed by atoms with van der Waals surface area (Å²) >= 11 is 0. The smallest absolute Gasteiger partial charge is 0 e. The van der Waals surface area contributed by atoms with E-state index < -0.39 is 14.4 Å². The van der Waals surface area contributed by atoms with Crippen molar-refractivity contribution in [3.05, 3.63) is 111 Å². The van der Waals surface area contributed by atoms with Crippen molar-refractivity contribution in [1.29, 1.82) is 0 Å². The summed E-state index contributed by atoms with van der Waals surface area (Å²) in [7, 11) is -1.92. The second kappa shape index (κ2) is 25.8. The molecule has 209 valence electrons. The monoisotopic (exact) mass is 590 g/mol. The Kier molecular flexibility index (Phi) is 27.1. The van der Waals surface area contributed by atoms with E-state index in [1.165, 1.54) is 6.47 Å². The molecule has 0 fully saturated rings. The molecule has 3 radical (unpaired) electrons. The zero-order valence-electron chi connectivity index (χ0n) is 22.6. The van der Waals surface area contributed by atoms with Crippen molar-refractivity contribution in [2.24, 2.45) is 5.92 Å². The van der Waals surface area contributed by atoms with Gasteiger partial charge in [0.1, 0.15) is 5.78 Å². The molecule has 9 heteroatoms. The van der Waals surface area contributed by atoms with E-state index in [0.29, 0.717) is 0 Å². The molecule has 0 saturated heterocycles. The first-order valence-corrected chi connectivity index (χ1v) is 14.5. The topological polar surface area (TPSA) is 112 Å². The number of carbonyl (C=O) groups excluding carboxylic acids is 2. The molecule has 0 spiro atoms. The van der Waals surface area contributed by atoms with Gasteiger partial charge in [-0.2, -0.15) is 0 Å². The van der Waals surface area contributed by atoms with E-state index in [-0.39, 0.29) is 34.9 Å². The Labute approximate surface area is 244 Å². The molecule has 3 atom stereocenters. The summed E-state index contributed by atoms with van der Waals surface area (Å²) in [5.74, 6) is -0.365. The zero-order chi connectivity index (χ0) is 29.4. The van der Waals surface area contributed by atoms with Crippen LogP contribution in [0.1, 0.15) is 51.0 Å². The molecule has 39 heavy (non-hydrogen) atoms. The molecular weight excluding hydrogens is 556 g/mol. The summed E-state index contributed by atoms with van der Waals surface area (Å²) < 4.78 is 34.3. The Morgan fingerprint density at radius 1 is 0.872 bits per heavy atom. The van der Waals surface area contributed by atoms with E-state index in [2.05, 4.69) is 40.7 Å². The summed E-state index contributed by atoms with van der Waals surface area (Å²) in [6, 6.07) is 22.4. The SMILES string of the molecule is CC[Si](CC)(CC)O[C@@H](c1ccccc1)[C@H](C)C(=O)[CH][CH][CH][C@H](O[C-]=O)c1ccccc1.[C-]#[O+].[C-]#[O+].[C-]#[O+].[Fe]. The minimum atomic E-state index is -1.92. The maximum absolute atomic E-state index is 13.1. The molecule has 2 aromatic carbocycles. The first kappa shape index (κ1) is 41.0. The number of benzene rings is 2. The molecule has 0 bridgehead atoms. The van der Waals surface area contributed by atoms with Crippen LogP contribution in [0.4, 0.5) is 0 Å². The summed E-state index contributed by atoms with van der Waals surface area (Å²) in [6.45, 7) is 23.5. The average Bonchev–Trinajstić information content (AvgIpc) is 3.01. The maximum atomic E-state index is 13.1. The molecule has 2 rings (SSSR count). The number of Topliss-reactive ketones (excluding diaryl/α,β-unsaturated/α-hetero) is 1. The van der Waals surface area contributed by atoms with Crippen molar-refractivity contribution in [1.82, 2.24) is 0 Å². The zero-order valence-corrected chi connectivity index (χ0v) is 24.7. The maximum Gasteiger partial charge on any atom is 0 e. The van der Waals surface area contributed by atoms with Crippen LogP contribution in [0.5, 0.6) is 0 Å². The molecule has 0 aliphatic rings. The minimum absolute atomic E-state index is 0. The van der Waals surface area contributed by atoms with Crippen molar-refractivity contribution in [3.8, 4) is 0 Å². The van der Waals surface area contributed by atoms with Crippen molar-refractivity contribution in [3.63, 3.8) is 0 Å². The van der Waals surface area contributed by atoms with Crippen molar-refractivity contribution >= 4 is 20.6 Å². The van der Waals surface area contributed by atoms with Gasteiger partial charge in [-0.3, -0.25) is 4.79 Å². The molecule has 0 N–H and O–H groups in total. The van der Waals surface area contributed by atoms with Gasteiger partial charge in [-0.15, -0.1) is 0 Å². The van der Waals surface area contributed by atoms with Crippen LogP contribution >= 0.6 is 0 Å². The molecule has 2 aromatic rings. The Hall–Kier alpha value is -2.50. The summed E-state index contributed by atoms with van der Waals surface area (Å²) in [5.41, 5.74) is 1.84. The van der Waals surface area contributed by atoms with Crippen LogP contribution < -0.4 is 0 Å². The number of ether oxygens (including phenoxy) is 1. The Morgan fingerprint density at radius 2 is 1.31 bits per heavy atom. The first-order chi connectivity index (χ1) is 18.5. The predicted molar refractivity (Wildman–Crippen MR) is 142 cm³/mol. The molecule has 0 amide bonds. The van der Waals surface area contributed by atoms with E-state index in [4.69, 9.17) is 23.1 Å². The van der Waals surface area contributed by atoms with Gasteiger partial charge in [-0.25, -0.2) is 0 Å². The van der Waals surface area contributed by atoms with E-state index in [0.717, 1.165) is 29.3 Å². The molecular formula is C30H34FeO7Si-. The standard InChI is InChI=1S/C27H34O4Si.3CO.Fe/c1-5-32(6-2,7-3)31-27(24-17-12-9-13-18-24)22(4)25(29)19-14-20-26(30-21-28)23-15-10-8-11-16-23;3*1-2;/h8-20,22,26-27H,5-7H2,1-4H3;;;;/q-1;;;;/t22-,26+,27-;;;;/m1..../s1. The summed E-state index contributed by atoms with van der Waals surface area (Å²) in [6.07, 6.45) is 4.01. The van der Waals surface area contributed by atoms with Gasteiger partial charge in [-0.05, 0) is 35.7 Å². The Bertz CT molecular complexity index is 922. The molecule has 0 unspecified atom stereocenters. The largest absolute Gasteiger partial charge is 0 e. The van der Waals surface area contributed by atoms with Gasteiger partial charge in [0.2, 0.25) is 0 Å². The number of ketones is 1. The minimum Gasteiger partial charge on any atom is 0 e. The average molecular weight is 591 g/mol. The van der Waals surface area contributed by atoms with Crippen LogP contribution in [-0.2, 0) is 49.8 Å². The van der Waals surface area contributed by atoms with Crippen LogP contribution in [0.2, 0.25) is 18.1 Å². The number of hydrogen-bond acceptors (Lipinski definition) is 4. The fourth-order valence-corrected chi connectivity index (χ4v) is 6.71. The van der Waals surface area contributed by atoms with Crippen LogP contribution in [0, 0.1) is 45.1 Å². The molecule has 0 aromatic heterocycles. The van der Waals surface area contributed by atoms with Crippen molar-refractivity contribution < 1.29 is 49.8 Å². The van der Waals surface area contributed by atoms with E-state index in [9.17, 15) is 9.59 Å². The first-order valence-electron chi connectivity index (χ1n) is 12.0. The third-order valence-corrected chi connectivity index (χ3v) is 10.8. The number of rotatable bonds is 15. The van der Waals surface area contributed by atoms with Gasteiger partial charge in [0.05, 0.1) is 12.2 Å². The van der Waals surface area contributed by atoms with Crippen molar-refractivity contribution in [2.45, 2.75) is 58.0 Å². The van der Waals surface area contributed by atoms with Crippen LogP contribution in [0.25, 0.3) is 0 Å². The van der Waals surface area contributed by atoms with Gasteiger partial charge in [0.25, 0.3) is 0 Å². The normalized spacial score (nSPS) is 11.9. The predicted octanol–water partition coefficient (Wildman–Crippen LogP) is 6.28. The molecule has 0 aliphatic heterocycles. The van der Waals surface area contributed by atoms with Gasteiger partial charge in [0, 0.05) is 35.8 Å². The molecule has 7 nitrogen and oxygen atoms in total. The Balaban J connectivity index is -0.00000173. The fourth-order valence-electron chi connectivity index (χ4n) is 3.84. The van der Waals surface area contributed by atoms with Crippen LogP contribution in [0.3, 0.4) is 0 Å². The number of hydrogen-bond donors (Lipinski definition) is 0. The Morgan fingerprint density at radius 3 is 1.72 bits per heavy atom. The van der Waals surface area contributed by atoms with Crippen LogP contribution in [0.15, 0.2) is 60.7 Å². The van der Waals surface area contributed by atoms with Gasteiger partial charge in [0.15, 0.2) is 8.32 Å². The van der Waals surface area contributed by atoms with Crippen molar-refractivity contribution in [2.75, 3.05) is 0 Å². The molecule has 0 heterocycles. The van der Waals surface area contributed by atoms with E-state index in [1.54, 1.807) is 19.3 Å². The number of carbonyl (C=O) groups is 1. The second-order valence-corrected chi connectivity index (χ2v) is 12.7. The van der Waals surface area contributed by atoms with Gasteiger partial charge < -0.3 is 14.0 Å². The summed E-state index contributed by atoms with van der Waals surface area (Å²) in [5, 5.41) is 0. The fraction of sp³-hybridized carbons (Fsp3) is 0.333. The molecule has 0 saturated carbocycles. The van der Waals surface area contributed by atoms with Gasteiger partial charge in [-0.1, -0.05) is 94.8 Å². The van der Waals surface area contributed by atoms with E-state index in [1.807, 2.05) is 67.6 Å². The third-order valence-electron chi connectivity index (χ3n) is 6.19. The second-order valence-electron chi connectivity index (χ2n) is 7.97. The van der Waals surface area contributed by atoms with E-state index >= 15 is 0 Å². The third kappa shape index (κ3) is 14.5. The quantitative estimate of drug-likeness (QED) is 0.138.